The number of allylic oxidation sites excluding steroid dienone is 1. The molecule has 22 heavy (non-hydrogen) atoms. The van der Waals surface area contributed by atoms with Gasteiger partial charge >= 0.3 is 0 Å². The summed E-state index contributed by atoms with van der Waals surface area (Å²) in [6, 6.07) is 10.4. The summed E-state index contributed by atoms with van der Waals surface area (Å²) in [6.07, 6.45) is 5.33. The Morgan fingerprint density at radius 1 is 1.09 bits per heavy atom. The molecule has 0 spiro atoms. The summed E-state index contributed by atoms with van der Waals surface area (Å²) in [7, 11) is 0. The van der Waals surface area contributed by atoms with Crippen LogP contribution in [0.2, 0.25) is 0 Å². The summed E-state index contributed by atoms with van der Waals surface area (Å²) in [5.41, 5.74) is 5.14. The minimum atomic E-state index is -0.243. The summed E-state index contributed by atoms with van der Waals surface area (Å²) in [6.45, 7) is 3.16. The van der Waals surface area contributed by atoms with E-state index in [0.717, 1.165) is 22.4 Å². The predicted octanol–water partition coefficient (Wildman–Crippen LogP) is 3.57. The number of aromatic nitrogens is 1. The summed E-state index contributed by atoms with van der Waals surface area (Å²) in [5.74, 6) is -0.243. The lowest BCUT2D eigenvalue weighted by Crippen LogP contribution is -2.04. The topological polar surface area (TPSA) is 37.6 Å². The highest BCUT2D eigenvalue weighted by Crippen LogP contribution is 2.29. The molecule has 3 rings (SSSR count). The maximum atomic E-state index is 13.2. The smallest absolute Gasteiger partial charge is 0.123 e. The van der Waals surface area contributed by atoms with E-state index in [1.54, 1.807) is 30.7 Å². The minimum Gasteiger partial charge on any atom is -0.293 e. The van der Waals surface area contributed by atoms with Crippen molar-refractivity contribution in [3.05, 3.63) is 71.3 Å². The minimum absolute atomic E-state index is 0.243. The van der Waals surface area contributed by atoms with Crippen molar-refractivity contribution in [3.63, 3.8) is 0 Å². The summed E-state index contributed by atoms with van der Waals surface area (Å²) in [4.78, 5) is 13.1. The molecule has 0 fully saturated rings. The number of pyridine rings is 1. The van der Waals surface area contributed by atoms with Gasteiger partial charge in [-0.3, -0.25) is 15.0 Å². The third kappa shape index (κ3) is 2.86. The Kier molecular flexibility index (Phi) is 4.19. The van der Waals surface area contributed by atoms with E-state index in [2.05, 4.69) is 15.0 Å². The molecule has 1 aromatic carbocycles. The van der Waals surface area contributed by atoms with E-state index in [1.807, 2.05) is 19.1 Å². The van der Waals surface area contributed by atoms with Crippen LogP contribution >= 0.6 is 0 Å². The molecule has 0 saturated heterocycles. The number of hydrogen-bond acceptors (Lipinski definition) is 3. The Balaban J connectivity index is 2.06. The Morgan fingerprint density at radius 3 is 2.50 bits per heavy atom. The second-order valence-corrected chi connectivity index (χ2v) is 4.99. The van der Waals surface area contributed by atoms with Crippen LogP contribution in [0.3, 0.4) is 0 Å². The lowest BCUT2D eigenvalue weighted by Gasteiger charge is -2.10. The first kappa shape index (κ1) is 14.3. The second-order valence-electron chi connectivity index (χ2n) is 4.99. The molecule has 2 aromatic rings. The molecule has 1 aromatic heterocycles. The van der Waals surface area contributed by atoms with Crippen LogP contribution in [0, 0.1) is 5.82 Å². The molecule has 0 saturated carbocycles. The van der Waals surface area contributed by atoms with Gasteiger partial charge in [-0.05, 0) is 60.7 Å². The zero-order valence-electron chi connectivity index (χ0n) is 12.3. The number of benzene rings is 1. The van der Waals surface area contributed by atoms with Gasteiger partial charge in [-0.1, -0.05) is 0 Å². The fraction of sp³-hybridized carbons (Fsp3) is 0.167. The van der Waals surface area contributed by atoms with Gasteiger partial charge in [-0.2, -0.15) is 0 Å². The van der Waals surface area contributed by atoms with Crippen molar-refractivity contribution in [3.8, 4) is 0 Å². The molecular weight excluding hydrogens is 277 g/mol. The van der Waals surface area contributed by atoms with Gasteiger partial charge in [0.05, 0.1) is 18.8 Å². The molecule has 0 aliphatic carbocycles. The van der Waals surface area contributed by atoms with E-state index < -0.39 is 0 Å². The van der Waals surface area contributed by atoms with Crippen molar-refractivity contribution in [1.29, 1.82) is 0 Å². The Bertz CT molecular complexity index is 744. The molecule has 0 atom stereocenters. The van der Waals surface area contributed by atoms with Crippen molar-refractivity contribution in [2.45, 2.75) is 6.92 Å². The molecular formula is C18H16FN3. The highest BCUT2D eigenvalue weighted by Gasteiger charge is 2.22. The zero-order chi connectivity index (χ0) is 15.4. The van der Waals surface area contributed by atoms with Crippen LogP contribution in [-0.2, 0) is 0 Å². The highest BCUT2D eigenvalue weighted by molar-refractivity contribution is 6.33. The van der Waals surface area contributed by atoms with Crippen LogP contribution in [0.1, 0.15) is 18.1 Å². The first-order valence-electron chi connectivity index (χ1n) is 7.17. The molecule has 110 valence electrons. The zero-order valence-corrected chi connectivity index (χ0v) is 12.3. The number of halogens is 1. The standard InChI is InChI=1S/C18H16FN3/c1-2-20-11-15-12-22-18(14-3-5-16(19)6-4-14)17(15)13-7-9-21-10-8-13/h2-10H,11-12H2,1H3. The van der Waals surface area contributed by atoms with E-state index in [1.165, 1.54) is 17.7 Å². The number of rotatable bonds is 4. The first-order chi connectivity index (χ1) is 10.8. The van der Waals surface area contributed by atoms with Crippen LogP contribution in [0.5, 0.6) is 0 Å². The fourth-order valence-electron chi connectivity index (χ4n) is 2.53. The molecule has 1 aliphatic rings. The third-order valence-corrected chi connectivity index (χ3v) is 3.57. The number of hydrogen-bond donors (Lipinski definition) is 0. The van der Waals surface area contributed by atoms with Gasteiger partial charge in [0.1, 0.15) is 5.82 Å². The van der Waals surface area contributed by atoms with Gasteiger partial charge < -0.3 is 0 Å². The van der Waals surface area contributed by atoms with Crippen LogP contribution in [0.25, 0.3) is 5.57 Å². The summed E-state index contributed by atoms with van der Waals surface area (Å²) >= 11 is 0. The molecule has 1 aliphatic heterocycles. The normalized spacial score (nSPS) is 14.7. The maximum Gasteiger partial charge on any atom is 0.123 e. The Morgan fingerprint density at radius 2 is 1.82 bits per heavy atom. The second kappa shape index (κ2) is 6.43. The van der Waals surface area contributed by atoms with Gasteiger partial charge in [-0.25, -0.2) is 4.39 Å². The summed E-state index contributed by atoms with van der Waals surface area (Å²) in [5, 5.41) is 0. The van der Waals surface area contributed by atoms with Crippen LogP contribution in [-0.4, -0.2) is 30.0 Å². The van der Waals surface area contributed by atoms with E-state index in [4.69, 9.17) is 0 Å². The highest BCUT2D eigenvalue weighted by atomic mass is 19.1. The number of nitrogens with zero attached hydrogens (tertiary/aromatic N) is 3. The van der Waals surface area contributed by atoms with Crippen molar-refractivity contribution in [1.82, 2.24) is 4.98 Å². The quantitative estimate of drug-likeness (QED) is 0.794. The maximum absolute atomic E-state index is 13.2. The predicted molar refractivity (Wildman–Crippen MR) is 88.0 cm³/mol. The lowest BCUT2D eigenvalue weighted by atomic mass is 9.94. The van der Waals surface area contributed by atoms with Crippen molar-refractivity contribution in [2.75, 3.05) is 13.1 Å². The molecule has 0 amide bonds. The molecule has 2 heterocycles. The Labute approximate surface area is 129 Å². The molecule has 4 heteroatoms. The van der Waals surface area contributed by atoms with Crippen LogP contribution in [0.4, 0.5) is 4.39 Å². The number of aliphatic imine (C=N–C) groups is 2. The van der Waals surface area contributed by atoms with Gasteiger partial charge in [0.2, 0.25) is 0 Å². The Hall–Kier alpha value is -2.62. The first-order valence-corrected chi connectivity index (χ1v) is 7.17. The molecule has 3 nitrogen and oxygen atoms in total. The summed E-state index contributed by atoms with van der Waals surface area (Å²) < 4.78 is 13.2. The van der Waals surface area contributed by atoms with Crippen molar-refractivity contribution < 1.29 is 4.39 Å². The van der Waals surface area contributed by atoms with Gasteiger partial charge in [0, 0.05) is 23.5 Å². The van der Waals surface area contributed by atoms with E-state index in [9.17, 15) is 4.39 Å². The average Bonchev–Trinajstić information content (AvgIpc) is 2.98. The molecule has 0 bridgehead atoms. The lowest BCUT2D eigenvalue weighted by molar-refractivity contribution is 0.628. The third-order valence-electron chi connectivity index (χ3n) is 3.57. The van der Waals surface area contributed by atoms with Crippen molar-refractivity contribution in [2.24, 2.45) is 9.98 Å². The largest absolute Gasteiger partial charge is 0.293 e. The fourth-order valence-corrected chi connectivity index (χ4v) is 2.53. The van der Waals surface area contributed by atoms with E-state index >= 15 is 0 Å². The van der Waals surface area contributed by atoms with E-state index in [-0.39, 0.29) is 5.82 Å². The molecule has 0 unspecified atom stereocenters. The monoisotopic (exact) mass is 293 g/mol. The van der Waals surface area contributed by atoms with Gasteiger partial charge in [0.15, 0.2) is 0 Å². The van der Waals surface area contributed by atoms with Crippen LogP contribution in [0.15, 0.2) is 64.3 Å². The molecule has 0 N–H and O–H groups in total. The molecule has 0 radical (unpaired) electrons. The van der Waals surface area contributed by atoms with E-state index in [0.29, 0.717) is 13.1 Å². The average molecular weight is 293 g/mol. The van der Waals surface area contributed by atoms with Crippen LogP contribution < -0.4 is 0 Å². The van der Waals surface area contributed by atoms with Gasteiger partial charge in [-0.15, -0.1) is 0 Å². The van der Waals surface area contributed by atoms with Gasteiger partial charge in [0.25, 0.3) is 0 Å². The van der Waals surface area contributed by atoms with Crippen molar-refractivity contribution >= 4 is 17.5 Å². The SMILES string of the molecule is CC=NCC1=C(c2ccncc2)C(c2ccc(F)cc2)=NC1.